The molecule has 1 aliphatic rings. The number of aromatic nitrogens is 2. The molecule has 0 N–H and O–H groups in total. The molecule has 0 unspecified atom stereocenters. The summed E-state index contributed by atoms with van der Waals surface area (Å²) < 4.78 is 68.1. The fraction of sp³-hybridized carbons (Fsp3) is 0.267. The smallest absolute Gasteiger partial charge is 0.216 e. The van der Waals surface area contributed by atoms with Gasteiger partial charge in [-0.2, -0.15) is 0 Å². The summed E-state index contributed by atoms with van der Waals surface area (Å²) in [6, 6.07) is 14.4. The zero-order valence-electron chi connectivity index (χ0n) is 26.1. The normalized spacial score (nSPS) is 18.5. The van der Waals surface area contributed by atoms with Crippen LogP contribution in [0.1, 0.15) is 65.3 Å². The molecule has 1 aliphatic carbocycles. The van der Waals surface area contributed by atoms with E-state index in [0.717, 1.165) is 33.2 Å². The Morgan fingerprint density at radius 3 is 2.52 bits per heavy atom. The molecule has 0 bridgehead atoms. The lowest BCUT2D eigenvalue weighted by Crippen LogP contribution is -2.31. The summed E-state index contributed by atoms with van der Waals surface area (Å²) in [4.78, 5) is 4.51. The first-order chi connectivity index (χ1) is 18.6. The van der Waals surface area contributed by atoms with E-state index in [1.54, 1.807) is 30.5 Å². The van der Waals surface area contributed by atoms with Crippen LogP contribution in [0.2, 0.25) is 0 Å². The highest BCUT2D eigenvalue weighted by atomic mass is 16.3. The van der Waals surface area contributed by atoms with E-state index in [-0.39, 0.29) is 11.1 Å². The van der Waals surface area contributed by atoms with E-state index in [1.807, 2.05) is 62.8 Å². The Labute approximate surface area is 204 Å². The van der Waals surface area contributed by atoms with Crippen molar-refractivity contribution in [3.8, 4) is 22.5 Å². The van der Waals surface area contributed by atoms with E-state index in [0.29, 0.717) is 22.4 Å². The molecule has 2 aromatic carbocycles. The quantitative estimate of drug-likeness (QED) is 0.271. The molecular weight excluding hydrogens is 404 g/mol. The zero-order chi connectivity index (χ0) is 29.0. The first-order valence-corrected chi connectivity index (χ1v) is 11.0. The standard InChI is InChI=1S/C30H29N2O/c1-17(2)19-13-15-32(6)24(16-19)25-18(3)9-10-20-21-11-12-22-26(29(21)33-28(20)25)27-23(30(22,4)5)8-7-14-31-27/h7-17H,1-6H3/q+1/i4D3,5D3,17D. The van der Waals surface area contributed by atoms with Gasteiger partial charge in [0.25, 0.3) is 0 Å². The second-order valence-electron chi connectivity index (χ2n) is 9.16. The van der Waals surface area contributed by atoms with Crippen LogP contribution in [-0.2, 0) is 12.5 Å². The van der Waals surface area contributed by atoms with Crippen LogP contribution in [0.25, 0.3) is 44.5 Å². The minimum atomic E-state index is -2.88. The molecule has 3 heteroatoms. The molecule has 5 aromatic rings. The number of fused-ring (bicyclic) bond motifs is 7. The van der Waals surface area contributed by atoms with E-state index >= 15 is 0 Å². The van der Waals surface area contributed by atoms with Gasteiger partial charge in [-0.3, -0.25) is 4.98 Å². The van der Waals surface area contributed by atoms with Crippen molar-refractivity contribution in [3.63, 3.8) is 0 Å². The second kappa shape index (κ2) is 6.77. The van der Waals surface area contributed by atoms with Gasteiger partial charge in [0.1, 0.15) is 18.2 Å². The van der Waals surface area contributed by atoms with Gasteiger partial charge in [-0.1, -0.05) is 57.9 Å². The summed E-state index contributed by atoms with van der Waals surface area (Å²) in [6.07, 6.45) is 3.48. The number of nitrogens with zero attached hydrogens (tertiary/aromatic N) is 2. The monoisotopic (exact) mass is 440 g/mol. The summed E-state index contributed by atoms with van der Waals surface area (Å²) in [5.41, 5.74) is 3.38. The summed E-state index contributed by atoms with van der Waals surface area (Å²) in [6.45, 7) is -0.0662. The molecule has 0 spiro atoms. The van der Waals surface area contributed by atoms with Crippen LogP contribution < -0.4 is 4.57 Å². The third kappa shape index (κ3) is 2.68. The lowest BCUT2D eigenvalue weighted by Gasteiger charge is -2.20. The van der Waals surface area contributed by atoms with Crippen LogP contribution in [0.4, 0.5) is 0 Å². The van der Waals surface area contributed by atoms with E-state index in [2.05, 4.69) is 4.98 Å². The average molecular weight is 441 g/mol. The number of furan rings is 1. The van der Waals surface area contributed by atoms with Gasteiger partial charge in [-0.25, -0.2) is 4.57 Å². The molecule has 0 saturated heterocycles. The maximum atomic E-state index is 8.57. The van der Waals surface area contributed by atoms with Gasteiger partial charge in [0.15, 0.2) is 6.20 Å². The lowest BCUT2D eigenvalue weighted by atomic mass is 9.82. The number of pyridine rings is 2. The number of hydrogen-bond donors (Lipinski definition) is 0. The van der Waals surface area contributed by atoms with Crippen LogP contribution in [-0.4, -0.2) is 4.98 Å². The minimum absolute atomic E-state index is 0.158. The maximum Gasteiger partial charge on any atom is 0.216 e. The fourth-order valence-electron chi connectivity index (χ4n) is 5.05. The Hall–Kier alpha value is -3.46. The summed E-state index contributed by atoms with van der Waals surface area (Å²) in [7, 11) is 1.94. The Morgan fingerprint density at radius 1 is 1.00 bits per heavy atom. The highest BCUT2D eigenvalue weighted by Gasteiger charge is 2.38. The molecule has 6 rings (SSSR count). The largest absolute Gasteiger partial charge is 0.454 e. The van der Waals surface area contributed by atoms with Crippen LogP contribution in [0, 0.1) is 6.92 Å². The molecule has 0 saturated carbocycles. The van der Waals surface area contributed by atoms with Gasteiger partial charge in [0.05, 0.1) is 11.3 Å². The average Bonchev–Trinajstić information content (AvgIpc) is 3.37. The second-order valence-corrected chi connectivity index (χ2v) is 9.16. The van der Waals surface area contributed by atoms with Crippen molar-refractivity contribution in [2.45, 2.75) is 45.8 Å². The lowest BCUT2D eigenvalue weighted by molar-refractivity contribution is -0.660. The predicted octanol–water partition coefficient (Wildman–Crippen LogP) is 7.21. The Morgan fingerprint density at radius 2 is 1.76 bits per heavy atom. The van der Waals surface area contributed by atoms with Crippen molar-refractivity contribution in [3.05, 3.63) is 83.2 Å². The van der Waals surface area contributed by atoms with Crippen LogP contribution in [0.15, 0.2) is 65.3 Å². The first kappa shape index (κ1) is 13.9. The molecule has 0 radical (unpaired) electrons. The van der Waals surface area contributed by atoms with E-state index < -0.39 is 25.0 Å². The van der Waals surface area contributed by atoms with Gasteiger partial charge >= 0.3 is 0 Å². The SMILES string of the molecule is [2H]C(C)(C)c1cc[n+](C)c(-c2c(C)ccc3c2oc2c4c(ccc23)C(C([2H])([2H])[2H])(C([2H])([2H])[2H])c2cccnc2-4)c1. The van der Waals surface area contributed by atoms with Gasteiger partial charge in [0, 0.05) is 49.7 Å². The number of benzene rings is 2. The minimum Gasteiger partial charge on any atom is -0.454 e. The van der Waals surface area contributed by atoms with Gasteiger partial charge in [-0.15, -0.1) is 0 Å². The maximum absolute atomic E-state index is 8.57. The van der Waals surface area contributed by atoms with E-state index in [9.17, 15) is 0 Å². The Kier molecular flexibility index (Phi) is 2.86. The van der Waals surface area contributed by atoms with Crippen molar-refractivity contribution < 1.29 is 18.6 Å². The Balaban J connectivity index is 1.75. The third-order valence-corrected chi connectivity index (χ3v) is 6.85. The van der Waals surface area contributed by atoms with Crippen molar-refractivity contribution >= 4 is 21.9 Å². The molecule has 33 heavy (non-hydrogen) atoms. The molecule has 3 heterocycles. The fourth-order valence-corrected chi connectivity index (χ4v) is 5.05. The number of hydrogen-bond acceptors (Lipinski definition) is 2. The van der Waals surface area contributed by atoms with Crippen molar-refractivity contribution in [2.24, 2.45) is 7.05 Å². The van der Waals surface area contributed by atoms with E-state index in [1.165, 1.54) is 0 Å². The summed E-state index contributed by atoms with van der Waals surface area (Å²) in [5.74, 6) is -0.803. The molecule has 0 fully saturated rings. The van der Waals surface area contributed by atoms with Gasteiger partial charge in [0.2, 0.25) is 5.69 Å². The topological polar surface area (TPSA) is 29.9 Å². The van der Waals surface area contributed by atoms with E-state index in [4.69, 9.17) is 14.0 Å². The third-order valence-electron chi connectivity index (χ3n) is 6.85. The molecular formula is C30H29N2O+. The highest BCUT2D eigenvalue weighted by Crippen LogP contribution is 2.52. The van der Waals surface area contributed by atoms with Gasteiger partial charge in [-0.05, 0) is 41.1 Å². The van der Waals surface area contributed by atoms with Crippen LogP contribution in [0.5, 0.6) is 0 Å². The van der Waals surface area contributed by atoms with Crippen LogP contribution >= 0.6 is 0 Å². The molecule has 0 atom stereocenters. The predicted molar refractivity (Wildman–Crippen MR) is 135 cm³/mol. The molecule has 0 aliphatic heterocycles. The summed E-state index contributed by atoms with van der Waals surface area (Å²) >= 11 is 0. The van der Waals surface area contributed by atoms with Gasteiger partial charge < -0.3 is 4.42 Å². The zero-order valence-corrected chi connectivity index (χ0v) is 19.1. The van der Waals surface area contributed by atoms with Crippen molar-refractivity contribution in [1.29, 1.82) is 0 Å². The number of aryl methyl sites for hydroxylation is 2. The highest BCUT2D eigenvalue weighted by molar-refractivity contribution is 6.14. The Bertz CT molecular complexity index is 1830. The molecule has 164 valence electrons. The van der Waals surface area contributed by atoms with Crippen molar-refractivity contribution in [2.75, 3.05) is 0 Å². The summed E-state index contributed by atoms with van der Waals surface area (Å²) in [5, 5.41) is 1.57. The van der Waals surface area contributed by atoms with Crippen molar-refractivity contribution in [1.82, 2.24) is 4.98 Å². The molecule has 3 aromatic heterocycles. The number of rotatable bonds is 2. The molecule has 3 nitrogen and oxygen atoms in total. The first-order valence-electron chi connectivity index (χ1n) is 14.5. The van der Waals surface area contributed by atoms with Crippen LogP contribution in [0.3, 0.4) is 0 Å². The molecule has 0 amide bonds.